The fourth-order valence-corrected chi connectivity index (χ4v) is 2.42. The lowest BCUT2D eigenvalue weighted by Crippen LogP contribution is -2.14. The second-order valence-corrected chi connectivity index (χ2v) is 4.80. The highest BCUT2D eigenvalue weighted by atomic mass is 19.1. The van der Waals surface area contributed by atoms with Crippen LogP contribution in [0.2, 0.25) is 0 Å². The molecule has 5 heteroatoms. The molecule has 0 radical (unpaired) electrons. The van der Waals surface area contributed by atoms with Crippen molar-refractivity contribution in [3.63, 3.8) is 0 Å². The van der Waals surface area contributed by atoms with Crippen LogP contribution in [0.5, 0.6) is 0 Å². The van der Waals surface area contributed by atoms with E-state index in [-0.39, 0.29) is 18.3 Å². The Bertz CT molecular complexity index is 826. The summed E-state index contributed by atoms with van der Waals surface area (Å²) in [7, 11) is 0. The zero-order valence-corrected chi connectivity index (χ0v) is 12.1. The number of rotatable bonds is 4. The molecular formula is C17H15FN2O2. The van der Waals surface area contributed by atoms with Gasteiger partial charge in [-0.3, -0.25) is 4.79 Å². The van der Waals surface area contributed by atoms with Gasteiger partial charge in [-0.05, 0) is 31.2 Å². The third kappa shape index (κ3) is 2.57. The van der Waals surface area contributed by atoms with Gasteiger partial charge in [0.15, 0.2) is 0 Å². The van der Waals surface area contributed by atoms with Gasteiger partial charge in [-0.2, -0.15) is 0 Å². The standard InChI is InChI=1S/C17H15FN2O2/c1-2-22-16(21)11-20-15-10-6-5-9-14(15)19-17(20)12-7-3-4-8-13(12)18/h3-10H,2,11H2,1H3. The van der Waals surface area contributed by atoms with Gasteiger partial charge in [-0.1, -0.05) is 24.3 Å². The number of carbonyl (C=O) groups is 1. The number of halogens is 1. The van der Waals surface area contributed by atoms with E-state index < -0.39 is 0 Å². The minimum absolute atomic E-state index is 0.00196. The van der Waals surface area contributed by atoms with Gasteiger partial charge in [0.1, 0.15) is 18.2 Å². The molecule has 0 spiro atoms. The molecule has 0 saturated heterocycles. The molecular weight excluding hydrogens is 283 g/mol. The van der Waals surface area contributed by atoms with Crippen LogP contribution in [0.15, 0.2) is 48.5 Å². The van der Waals surface area contributed by atoms with E-state index in [1.165, 1.54) is 6.07 Å². The van der Waals surface area contributed by atoms with E-state index in [1.54, 1.807) is 29.7 Å². The number of fused-ring (bicyclic) bond motifs is 1. The van der Waals surface area contributed by atoms with Crippen molar-refractivity contribution in [2.24, 2.45) is 0 Å². The summed E-state index contributed by atoms with van der Waals surface area (Å²) in [6, 6.07) is 13.8. The minimum atomic E-state index is -0.372. The maximum atomic E-state index is 14.1. The molecule has 0 saturated carbocycles. The summed E-state index contributed by atoms with van der Waals surface area (Å²) in [5, 5.41) is 0. The highest BCUT2D eigenvalue weighted by Gasteiger charge is 2.17. The van der Waals surface area contributed by atoms with E-state index in [0.717, 1.165) is 5.52 Å². The van der Waals surface area contributed by atoms with Crippen molar-refractivity contribution in [1.29, 1.82) is 0 Å². The van der Waals surface area contributed by atoms with E-state index in [4.69, 9.17) is 4.74 Å². The summed E-state index contributed by atoms with van der Waals surface area (Å²) in [6.45, 7) is 2.06. The van der Waals surface area contributed by atoms with Gasteiger partial charge < -0.3 is 9.30 Å². The van der Waals surface area contributed by atoms with Crippen LogP contribution in [0.25, 0.3) is 22.4 Å². The smallest absolute Gasteiger partial charge is 0.326 e. The molecule has 1 heterocycles. The number of hydrogen-bond donors (Lipinski definition) is 0. The van der Waals surface area contributed by atoms with Crippen molar-refractivity contribution in [2.75, 3.05) is 6.61 Å². The van der Waals surface area contributed by atoms with E-state index in [9.17, 15) is 9.18 Å². The molecule has 0 atom stereocenters. The summed E-state index contributed by atoms with van der Waals surface area (Å²) < 4.78 is 20.8. The average Bonchev–Trinajstić information content (AvgIpc) is 2.87. The predicted octanol–water partition coefficient (Wildman–Crippen LogP) is 3.41. The number of ether oxygens (including phenoxy) is 1. The first kappa shape index (κ1) is 14.3. The van der Waals surface area contributed by atoms with E-state index in [0.29, 0.717) is 23.5 Å². The Kier molecular flexibility index (Phi) is 3.87. The lowest BCUT2D eigenvalue weighted by molar-refractivity contribution is -0.143. The average molecular weight is 298 g/mol. The molecule has 0 aliphatic rings. The van der Waals surface area contributed by atoms with E-state index in [1.807, 2.05) is 24.3 Å². The zero-order chi connectivity index (χ0) is 15.5. The molecule has 0 N–H and O–H groups in total. The molecule has 4 nitrogen and oxygen atoms in total. The van der Waals surface area contributed by atoms with Crippen LogP contribution in [-0.2, 0) is 16.1 Å². The Hall–Kier alpha value is -2.69. The Balaban J connectivity index is 2.17. The van der Waals surface area contributed by atoms with Crippen molar-refractivity contribution in [1.82, 2.24) is 9.55 Å². The largest absolute Gasteiger partial charge is 0.465 e. The maximum Gasteiger partial charge on any atom is 0.326 e. The van der Waals surface area contributed by atoms with Gasteiger partial charge in [0.05, 0.1) is 23.2 Å². The molecule has 0 unspecified atom stereocenters. The third-order valence-corrected chi connectivity index (χ3v) is 3.36. The van der Waals surface area contributed by atoms with Crippen LogP contribution in [0.1, 0.15) is 6.92 Å². The number of para-hydroxylation sites is 2. The van der Waals surface area contributed by atoms with Gasteiger partial charge in [-0.15, -0.1) is 0 Å². The van der Waals surface area contributed by atoms with Crippen LogP contribution in [0.4, 0.5) is 4.39 Å². The highest BCUT2D eigenvalue weighted by Crippen LogP contribution is 2.26. The quantitative estimate of drug-likeness (QED) is 0.693. The van der Waals surface area contributed by atoms with Gasteiger partial charge in [0.25, 0.3) is 0 Å². The number of benzene rings is 2. The van der Waals surface area contributed by atoms with Gasteiger partial charge in [0, 0.05) is 0 Å². The second-order valence-electron chi connectivity index (χ2n) is 4.80. The van der Waals surface area contributed by atoms with Crippen LogP contribution in [-0.4, -0.2) is 22.1 Å². The van der Waals surface area contributed by atoms with Crippen molar-refractivity contribution < 1.29 is 13.9 Å². The predicted molar refractivity (Wildman–Crippen MR) is 81.8 cm³/mol. The van der Waals surface area contributed by atoms with Crippen LogP contribution in [0.3, 0.4) is 0 Å². The molecule has 22 heavy (non-hydrogen) atoms. The van der Waals surface area contributed by atoms with Crippen molar-refractivity contribution in [3.8, 4) is 11.4 Å². The monoisotopic (exact) mass is 298 g/mol. The van der Waals surface area contributed by atoms with Crippen molar-refractivity contribution >= 4 is 17.0 Å². The van der Waals surface area contributed by atoms with Crippen molar-refractivity contribution in [2.45, 2.75) is 13.5 Å². The molecule has 0 aliphatic heterocycles. The minimum Gasteiger partial charge on any atom is -0.465 e. The lowest BCUT2D eigenvalue weighted by atomic mass is 10.2. The summed E-state index contributed by atoms with van der Waals surface area (Å²) in [5.74, 6) is -0.321. The number of esters is 1. The molecule has 0 fully saturated rings. The summed E-state index contributed by atoms with van der Waals surface area (Å²) >= 11 is 0. The highest BCUT2D eigenvalue weighted by molar-refractivity contribution is 5.83. The molecule has 112 valence electrons. The summed E-state index contributed by atoms with van der Waals surface area (Å²) in [6.07, 6.45) is 0. The lowest BCUT2D eigenvalue weighted by Gasteiger charge is -2.09. The topological polar surface area (TPSA) is 44.1 Å². The van der Waals surface area contributed by atoms with Gasteiger partial charge >= 0.3 is 5.97 Å². The Morgan fingerprint density at radius 3 is 2.68 bits per heavy atom. The van der Waals surface area contributed by atoms with Gasteiger partial charge in [-0.25, -0.2) is 9.37 Å². The molecule has 3 aromatic rings. The van der Waals surface area contributed by atoms with Gasteiger partial charge in [0.2, 0.25) is 0 Å². The van der Waals surface area contributed by atoms with Crippen LogP contribution in [0, 0.1) is 5.82 Å². The number of imidazole rings is 1. The number of aromatic nitrogens is 2. The Morgan fingerprint density at radius 1 is 1.18 bits per heavy atom. The molecule has 3 rings (SSSR count). The second kappa shape index (κ2) is 5.97. The number of hydrogen-bond acceptors (Lipinski definition) is 3. The molecule has 0 bridgehead atoms. The number of carbonyl (C=O) groups excluding carboxylic acids is 1. The summed E-state index contributed by atoms with van der Waals surface area (Å²) in [5.41, 5.74) is 1.85. The summed E-state index contributed by atoms with van der Waals surface area (Å²) in [4.78, 5) is 16.3. The fourth-order valence-electron chi connectivity index (χ4n) is 2.42. The fraction of sp³-hybridized carbons (Fsp3) is 0.176. The van der Waals surface area contributed by atoms with Crippen LogP contribution < -0.4 is 0 Å². The molecule has 1 aromatic heterocycles. The molecule has 0 amide bonds. The van der Waals surface area contributed by atoms with E-state index >= 15 is 0 Å². The SMILES string of the molecule is CCOC(=O)Cn1c(-c2ccccc2F)nc2ccccc21. The number of nitrogens with zero attached hydrogens (tertiary/aromatic N) is 2. The Labute approximate surface area is 127 Å². The molecule has 2 aromatic carbocycles. The first-order chi connectivity index (χ1) is 10.7. The first-order valence-electron chi connectivity index (χ1n) is 7.06. The Morgan fingerprint density at radius 2 is 1.91 bits per heavy atom. The first-order valence-corrected chi connectivity index (χ1v) is 7.06. The third-order valence-electron chi connectivity index (χ3n) is 3.36. The molecule has 0 aliphatic carbocycles. The van der Waals surface area contributed by atoms with Crippen molar-refractivity contribution in [3.05, 3.63) is 54.3 Å². The zero-order valence-electron chi connectivity index (χ0n) is 12.1. The maximum absolute atomic E-state index is 14.1. The van der Waals surface area contributed by atoms with E-state index in [2.05, 4.69) is 4.98 Å². The van der Waals surface area contributed by atoms with Crippen LogP contribution >= 0.6 is 0 Å². The normalized spacial score (nSPS) is 10.8.